The van der Waals surface area contributed by atoms with Gasteiger partial charge in [-0.25, -0.2) is 0 Å². The molecule has 0 heterocycles. The van der Waals surface area contributed by atoms with E-state index in [1.807, 2.05) is 13.1 Å². The largest absolute Gasteiger partial charge is 0.396 e. The molecule has 3 nitrogen and oxygen atoms in total. The van der Waals surface area contributed by atoms with Crippen molar-refractivity contribution in [1.82, 2.24) is 4.90 Å². The molecule has 0 fully saturated rings. The van der Waals surface area contributed by atoms with Gasteiger partial charge in [-0.3, -0.25) is 0 Å². The molecule has 0 amide bonds. The Hall–Kier alpha value is -0.570. The molecule has 0 saturated heterocycles. The summed E-state index contributed by atoms with van der Waals surface area (Å²) in [5, 5.41) is 3.74. The van der Waals surface area contributed by atoms with Crippen LogP contribution >= 0.6 is 0 Å². The molecule has 3 heteroatoms. The van der Waals surface area contributed by atoms with Gasteiger partial charge in [-0.1, -0.05) is 5.16 Å². The Labute approximate surface area is 69.0 Å². The first-order chi connectivity index (χ1) is 5.27. The van der Waals surface area contributed by atoms with Crippen LogP contribution in [0.1, 0.15) is 19.8 Å². The zero-order valence-electron chi connectivity index (χ0n) is 7.71. The first-order valence-electron chi connectivity index (χ1n) is 4.06. The Balaban J connectivity index is 3.01. The minimum absolute atomic E-state index is 0.657. The van der Waals surface area contributed by atoms with E-state index in [1.165, 1.54) is 0 Å². The quantitative estimate of drug-likeness (QED) is 0.331. The topological polar surface area (TPSA) is 24.8 Å². The minimum Gasteiger partial charge on any atom is -0.396 e. The third-order valence-electron chi connectivity index (χ3n) is 1.22. The van der Waals surface area contributed by atoms with E-state index in [4.69, 9.17) is 4.84 Å². The molecule has 0 N–H and O–H groups in total. The molecular formula is C8H18N2O. The van der Waals surface area contributed by atoms with Crippen molar-refractivity contribution in [1.29, 1.82) is 0 Å². The molecular weight excluding hydrogens is 140 g/mol. The first kappa shape index (κ1) is 10.4. The van der Waals surface area contributed by atoms with Crippen LogP contribution in [-0.2, 0) is 4.84 Å². The Morgan fingerprint density at radius 1 is 1.45 bits per heavy atom. The van der Waals surface area contributed by atoms with E-state index in [2.05, 4.69) is 24.2 Å². The third-order valence-corrected chi connectivity index (χ3v) is 1.22. The zero-order valence-corrected chi connectivity index (χ0v) is 7.71. The lowest BCUT2D eigenvalue weighted by atomic mass is 10.3. The molecule has 0 bridgehead atoms. The number of hydrogen-bond acceptors (Lipinski definition) is 3. The van der Waals surface area contributed by atoms with Crippen LogP contribution in [0.3, 0.4) is 0 Å². The van der Waals surface area contributed by atoms with Gasteiger partial charge in [0.2, 0.25) is 0 Å². The molecule has 0 unspecified atom stereocenters. The molecule has 0 rings (SSSR count). The Kier molecular flexibility index (Phi) is 7.15. The summed E-state index contributed by atoms with van der Waals surface area (Å²) in [5.41, 5.74) is 0. The second kappa shape index (κ2) is 7.54. The fraction of sp³-hybridized carbons (Fsp3) is 0.875. The Bertz CT molecular complexity index is 102. The van der Waals surface area contributed by atoms with Gasteiger partial charge in [0.1, 0.15) is 6.61 Å². The molecule has 11 heavy (non-hydrogen) atoms. The lowest BCUT2D eigenvalue weighted by Crippen LogP contribution is -2.12. The summed E-state index contributed by atoms with van der Waals surface area (Å²) in [7, 11) is 4.14. The summed E-state index contributed by atoms with van der Waals surface area (Å²) in [4.78, 5) is 6.96. The van der Waals surface area contributed by atoms with Crippen LogP contribution in [0.2, 0.25) is 0 Å². The van der Waals surface area contributed by atoms with Crippen molar-refractivity contribution in [3.8, 4) is 0 Å². The normalized spacial score (nSPS) is 11.3. The van der Waals surface area contributed by atoms with Crippen LogP contribution in [0.4, 0.5) is 0 Å². The summed E-state index contributed by atoms with van der Waals surface area (Å²) < 4.78 is 0. The first-order valence-corrected chi connectivity index (χ1v) is 4.06. The van der Waals surface area contributed by atoms with E-state index in [1.54, 1.807) is 0 Å². The third kappa shape index (κ3) is 9.43. The number of nitrogens with zero attached hydrogens (tertiary/aromatic N) is 2. The molecule has 0 aliphatic heterocycles. The highest BCUT2D eigenvalue weighted by atomic mass is 16.6. The molecule has 0 atom stereocenters. The predicted octanol–water partition coefficient (Wildman–Crippen LogP) is 1.35. The molecule has 0 radical (unpaired) electrons. The van der Waals surface area contributed by atoms with Crippen LogP contribution in [0, 0.1) is 0 Å². The second-order valence-electron chi connectivity index (χ2n) is 2.65. The van der Waals surface area contributed by atoms with Crippen LogP contribution in [0.15, 0.2) is 5.16 Å². The molecule has 0 aliphatic carbocycles. The summed E-state index contributed by atoms with van der Waals surface area (Å²) >= 11 is 0. The molecule has 0 aromatic carbocycles. The second-order valence-corrected chi connectivity index (χ2v) is 2.65. The van der Waals surface area contributed by atoms with Crippen LogP contribution in [-0.4, -0.2) is 38.4 Å². The monoisotopic (exact) mass is 158 g/mol. The predicted molar refractivity (Wildman–Crippen MR) is 47.9 cm³/mol. The standard InChI is InChI=1S/C8H18N2O/c1-4-11-9-7-5-6-8-10(2)3/h7H,4-6,8H2,1-3H3/b9-7-. The SMILES string of the molecule is CCO/N=C\CCCN(C)C. The highest BCUT2D eigenvalue weighted by Crippen LogP contribution is 1.87. The fourth-order valence-electron chi connectivity index (χ4n) is 0.679. The van der Waals surface area contributed by atoms with Crippen molar-refractivity contribution < 1.29 is 4.84 Å². The van der Waals surface area contributed by atoms with Crippen LogP contribution in [0.25, 0.3) is 0 Å². The van der Waals surface area contributed by atoms with Crippen molar-refractivity contribution in [2.75, 3.05) is 27.2 Å². The van der Waals surface area contributed by atoms with Gasteiger partial charge in [0, 0.05) is 6.21 Å². The van der Waals surface area contributed by atoms with E-state index >= 15 is 0 Å². The van der Waals surface area contributed by atoms with Gasteiger partial charge >= 0.3 is 0 Å². The van der Waals surface area contributed by atoms with Crippen molar-refractivity contribution in [2.24, 2.45) is 5.16 Å². The maximum absolute atomic E-state index is 4.80. The van der Waals surface area contributed by atoms with E-state index in [9.17, 15) is 0 Å². The Morgan fingerprint density at radius 3 is 2.73 bits per heavy atom. The lowest BCUT2D eigenvalue weighted by molar-refractivity contribution is 0.159. The van der Waals surface area contributed by atoms with E-state index in [0.717, 1.165) is 19.4 Å². The van der Waals surface area contributed by atoms with E-state index in [-0.39, 0.29) is 0 Å². The summed E-state index contributed by atoms with van der Waals surface area (Å²) in [5.74, 6) is 0. The average molecular weight is 158 g/mol. The summed E-state index contributed by atoms with van der Waals surface area (Å²) in [6, 6.07) is 0. The molecule has 0 aromatic rings. The lowest BCUT2D eigenvalue weighted by Gasteiger charge is -2.06. The van der Waals surface area contributed by atoms with E-state index in [0.29, 0.717) is 6.61 Å². The molecule has 0 spiro atoms. The van der Waals surface area contributed by atoms with Gasteiger partial charge in [-0.2, -0.15) is 0 Å². The van der Waals surface area contributed by atoms with Crippen molar-refractivity contribution in [2.45, 2.75) is 19.8 Å². The number of unbranched alkanes of at least 4 members (excludes halogenated alkanes) is 1. The minimum atomic E-state index is 0.657. The van der Waals surface area contributed by atoms with Gasteiger partial charge in [0.25, 0.3) is 0 Å². The smallest absolute Gasteiger partial charge is 0.114 e. The maximum Gasteiger partial charge on any atom is 0.114 e. The zero-order chi connectivity index (χ0) is 8.53. The molecule has 0 aliphatic rings. The number of oxime groups is 1. The number of hydrogen-bond donors (Lipinski definition) is 0. The maximum atomic E-state index is 4.80. The van der Waals surface area contributed by atoms with Crippen LogP contribution in [0.5, 0.6) is 0 Å². The number of rotatable bonds is 6. The molecule has 66 valence electrons. The average Bonchev–Trinajstić information content (AvgIpc) is 1.96. The Morgan fingerprint density at radius 2 is 2.18 bits per heavy atom. The van der Waals surface area contributed by atoms with Crippen molar-refractivity contribution in [3.63, 3.8) is 0 Å². The highest BCUT2D eigenvalue weighted by molar-refractivity contribution is 5.56. The fourth-order valence-corrected chi connectivity index (χ4v) is 0.679. The summed E-state index contributed by atoms with van der Waals surface area (Å²) in [6.45, 7) is 3.69. The van der Waals surface area contributed by atoms with E-state index < -0.39 is 0 Å². The van der Waals surface area contributed by atoms with Crippen LogP contribution < -0.4 is 0 Å². The van der Waals surface area contributed by atoms with Gasteiger partial charge in [-0.15, -0.1) is 0 Å². The van der Waals surface area contributed by atoms with Gasteiger partial charge < -0.3 is 9.74 Å². The van der Waals surface area contributed by atoms with Gasteiger partial charge in [0.05, 0.1) is 0 Å². The van der Waals surface area contributed by atoms with Crippen molar-refractivity contribution >= 4 is 6.21 Å². The summed E-state index contributed by atoms with van der Waals surface area (Å²) in [6.07, 6.45) is 3.97. The van der Waals surface area contributed by atoms with Gasteiger partial charge in [-0.05, 0) is 40.4 Å². The molecule has 0 aromatic heterocycles. The molecule has 0 saturated carbocycles. The highest BCUT2D eigenvalue weighted by Gasteiger charge is 1.87. The van der Waals surface area contributed by atoms with Crippen molar-refractivity contribution in [3.05, 3.63) is 0 Å². The van der Waals surface area contributed by atoms with Gasteiger partial charge in [0.15, 0.2) is 0 Å².